The maximum absolute atomic E-state index is 10.7. The Hall–Kier alpha value is -2.02. The van der Waals surface area contributed by atoms with Gasteiger partial charge in [-0.2, -0.15) is 0 Å². The molecule has 0 unspecified atom stereocenters. The molecule has 0 aliphatic rings. The number of thiazole rings is 1. The highest BCUT2D eigenvalue weighted by atomic mass is 32.1. The lowest BCUT2D eigenvalue weighted by Gasteiger charge is -2.03. The summed E-state index contributed by atoms with van der Waals surface area (Å²) in [5, 5.41) is 13.5. The van der Waals surface area contributed by atoms with Gasteiger partial charge >= 0.3 is 5.82 Å². The van der Waals surface area contributed by atoms with Crippen LogP contribution in [0, 0.1) is 17.0 Å². The second kappa shape index (κ2) is 4.88. The first-order valence-electron chi connectivity index (χ1n) is 4.80. The molecule has 0 aliphatic carbocycles. The molecule has 7 heteroatoms. The van der Waals surface area contributed by atoms with E-state index in [0.717, 1.165) is 10.7 Å². The topological polar surface area (TPSA) is 78.2 Å². The molecule has 0 fully saturated rings. The normalized spacial score (nSPS) is 10.2. The number of pyridine rings is 1. The van der Waals surface area contributed by atoms with E-state index < -0.39 is 4.92 Å². The van der Waals surface area contributed by atoms with Crippen molar-refractivity contribution in [3.8, 4) is 5.75 Å². The van der Waals surface area contributed by atoms with Crippen LogP contribution in [0.3, 0.4) is 0 Å². The van der Waals surface area contributed by atoms with Gasteiger partial charge in [0.1, 0.15) is 12.8 Å². The Labute approximate surface area is 101 Å². The summed E-state index contributed by atoms with van der Waals surface area (Å²) < 4.78 is 5.34. The molecule has 6 nitrogen and oxygen atoms in total. The Morgan fingerprint density at radius 1 is 1.59 bits per heavy atom. The van der Waals surface area contributed by atoms with E-state index >= 15 is 0 Å². The Balaban J connectivity index is 2.11. The van der Waals surface area contributed by atoms with E-state index in [2.05, 4.69) is 9.97 Å². The van der Waals surface area contributed by atoms with E-state index in [1.54, 1.807) is 6.07 Å². The summed E-state index contributed by atoms with van der Waals surface area (Å²) in [5.41, 5.74) is 0.755. The largest absolute Gasteiger partial charge is 0.479 e. The molecule has 0 spiro atoms. The van der Waals surface area contributed by atoms with Crippen LogP contribution in [0.25, 0.3) is 0 Å². The van der Waals surface area contributed by atoms with Crippen LogP contribution in [-0.4, -0.2) is 14.9 Å². The van der Waals surface area contributed by atoms with Gasteiger partial charge in [0.05, 0.1) is 10.7 Å². The van der Waals surface area contributed by atoms with Gasteiger partial charge < -0.3 is 14.9 Å². The first kappa shape index (κ1) is 11.5. The third-order valence-electron chi connectivity index (χ3n) is 1.97. The molecule has 17 heavy (non-hydrogen) atoms. The maximum atomic E-state index is 10.7. The number of nitrogens with zero attached hydrogens (tertiary/aromatic N) is 3. The fourth-order valence-electron chi connectivity index (χ4n) is 1.26. The van der Waals surface area contributed by atoms with Crippen LogP contribution in [0.15, 0.2) is 23.7 Å². The van der Waals surface area contributed by atoms with Gasteiger partial charge in [-0.3, -0.25) is 0 Å². The van der Waals surface area contributed by atoms with Crippen molar-refractivity contribution in [2.75, 3.05) is 0 Å². The molecular formula is C10H9N3O3S. The van der Waals surface area contributed by atoms with E-state index in [9.17, 15) is 10.1 Å². The molecule has 0 amide bonds. The molecule has 0 saturated heterocycles. The average Bonchev–Trinajstić information content (AvgIpc) is 2.73. The second-order valence-electron chi connectivity index (χ2n) is 3.23. The summed E-state index contributed by atoms with van der Waals surface area (Å²) in [6.45, 7) is 2.09. The van der Waals surface area contributed by atoms with Crippen LogP contribution in [0.2, 0.25) is 0 Å². The molecule has 0 aliphatic heterocycles. The van der Waals surface area contributed by atoms with Gasteiger partial charge in [0.2, 0.25) is 5.75 Å². The first-order chi connectivity index (χ1) is 8.16. The second-order valence-corrected chi connectivity index (χ2v) is 4.29. The van der Waals surface area contributed by atoms with Crippen molar-refractivity contribution in [1.29, 1.82) is 0 Å². The van der Waals surface area contributed by atoms with E-state index in [1.807, 2.05) is 12.3 Å². The monoisotopic (exact) mass is 251 g/mol. The highest BCUT2D eigenvalue weighted by molar-refractivity contribution is 7.09. The molecule has 0 N–H and O–H groups in total. The van der Waals surface area contributed by atoms with Gasteiger partial charge in [0.15, 0.2) is 0 Å². The zero-order chi connectivity index (χ0) is 12.3. The fourth-order valence-corrected chi connectivity index (χ4v) is 1.86. The third-order valence-corrected chi connectivity index (χ3v) is 2.79. The van der Waals surface area contributed by atoms with E-state index in [4.69, 9.17) is 4.74 Å². The number of ether oxygens (including phenoxy) is 1. The summed E-state index contributed by atoms with van der Waals surface area (Å²) in [6, 6.07) is 3.11. The van der Waals surface area contributed by atoms with Crippen LogP contribution in [0.5, 0.6) is 5.75 Å². The summed E-state index contributed by atoms with van der Waals surface area (Å²) in [6.07, 6.45) is 1.36. The number of hydrogen-bond donors (Lipinski definition) is 0. The summed E-state index contributed by atoms with van der Waals surface area (Å²) >= 11 is 1.51. The predicted octanol–water partition coefficient (Wildman–Crippen LogP) is 2.33. The average molecular weight is 251 g/mol. The molecule has 2 heterocycles. The fraction of sp³-hybridized carbons (Fsp3) is 0.200. The molecule has 0 radical (unpaired) electrons. The van der Waals surface area contributed by atoms with Crippen LogP contribution in [-0.2, 0) is 6.61 Å². The van der Waals surface area contributed by atoms with Crippen molar-refractivity contribution in [3.05, 3.63) is 44.5 Å². The third kappa shape index (κ3) is 2.76. The SMILES string of the molecule is Cc1nc(COc2cccnc2[N+](=O)[O-])cs1. The number of rotatable bonds is 4. The van der Waals surface area contributed by atoms with Crippen LogP contribution in [0.1, 0.15) is 10.7 Å². The lowest BCUT2D eigenvalue weighted by molar-refractivity contribution is -0.390. The van der Waals surface area contributed by atoms with Gasteiger partial charge in [0.25, 0.3) is 0 Å². The number of aromatic nitrogens is 2. The van der Waals surface area contributed by atoms with Gasteiger partial charge in [-0.05, 0) is 29.0 Å². The summed E-state index contributed by atoms with van der Waals surface area (Å²) in [7, 11) is 0. The van der Waals surface area contributed by atoms with Crippen LogP contribution in [0.4, 0.5) is 5.82 Å². The van der Waals surface area contributed by atoms with Crippen LogP contribution < -0.4 is 4.74 Å². The first-order valence-corrected chi connectivity index (χ1v) is 5.68. The Kier molecular flexibility index (Phi) is 3.29. The number of aryl methyl sites for hydroxylation is 1. The van der Waals surface area contributed by atoms with Gasteiger partial charge in [-0.25, -0.2) is 4.98 Å². The maximum Gasteiger partial charge on any atom is 0.406 e. The minimum Gasteiger partial charge on any atom is -0.479 e. The van der Waals surface area contributed by atoms with E-state index in [-0.39, 0.29) is 18.2 Å². The molecule has 2 aromatic heterocycles. The van der Waals surface area contributed by atoms with Gasteiger partial charge in [-0.1, -0.05) is 0 Å². The van der Waals surface area contributed by atoms with E-state index in [0.29, 0.717) is 0 Å². The molecule has 0 atom stereocenters. The zero-order valence-electron chi connectivity index (χ0n) is 8.99. The van der Waals surface area contributed by atoms with Crippen molar-refractivity contribution >= 4 is 17.2 Å². The standard InChI is InChI=1S/C10H9N3O3S/c1-7-12-8(6-17-7)5-16-9-3-2-4-11-10(9)13(14)15/h2-4,6H,5H2,1H3. The smallest absolute Gasteiger partial charge is 0.406 e. The van der Waals surface area contributed by atoms with Crippen molar-refractivity contribution in [1.82, 2.24) is 9.97 Å². The predicted molar refractivity (Wildman–Crippen MR) is 62.1 cm³/mol. The Bertz CT molecular complexity index is 541. The molecule has 88 valence electrons. The summed E-state index contributed by atoms with van der Waals surface area (Å²) in [5.74, 6) is -0.123. The molecule has 0 bridgehead atoms. The van der Waals surface area contributed by atoms with Crippen molar-refractivity contribution in [2.24, 2.45) is 0 Å². The molecular weight excluding hydrogens is 242 g/mol. The lowest BCUT2D eigenvalue weighted by atomic mass is 10.4. The Morgan fingerprint density at radius 2 is 2.41 bits per heavy atom. The molecule has 0 aromatic carbocycles. The van der Waals surface area contributed by atoms with Gasteiger partial charge in [-0.15, -0.1) is 11.3 Å². The van der Waals surface area contributed by atoms with Gasteiger partial charge in [0, 0.05) is 5.38 Å². The number of hydrogen-bond acceptors (Lipinski definition) is 6. The van der Waals surface area contributed by atoms with Crippen molar-refractivity contribution < 1.29 is 9.66 Å². The molecule has 0 saturated carbocycles. The highest BCUT2D eigenvalue weighted by Gasteiger charge is 2.15. The minimum absolute atomic E-state index is 0.156. The van der Waals surface area contributed by atoms with E-state index in [1.165, 1.54) is 23.6 Å². The number of nitro groups is 1. The highest BCUT2D eigenvalue weighted by Crippen LogP contribution is 2.24. The van der Waals surface area contributed by atoms with Crippen molar-refractivity contribution in [2.45, 2.75) is 13.5 Å². The quantitative estimate of drug-likeness (QED) is 0.615. The summed E-state index contributed by atoms with van der Waals surface area (Å²) in [4.78, 5) is 18.0. The lowest BCUT2D eigenvalue weighted by Crippen LogP contribution is -2.00. The minimum atomic E-state index is -0.568. The molecule has 2 aromatic rings. The zero-order valence-corrected chi connectivity index (χ0v) is 9.81. The Morgan fingerprint density at radius 3 is 3.06 bits per heavy atom. The van der Waals surface area contributed by atoms with Crippen molar-refractivity contribution in [3.63, 3.8) is 0 Å². The van der Waals surface area contributed by atoms with Crippen LogP contribution >= 0.6 is 11.3 Å². The molecule has 2 rings (SSSR count).